The highest BCUT2D eigenvalue weighted by Crippen LogP contribution is 2.24. The number of anilines is 1. The molecule has 0 aromatic carbocycles. The molecule has 0 saturated carbocycles. The molecule has 1 aliphatic rings. The largest absolute Gasteiger partial charge is 0.310 e. The molecule has 1 saturated heterocycles. The summed E-state index contributed by atoms with van der Waals surface area (Å²) in [6.45, 7) is 1.17. The van der Waals surface area contributed by atoms with Crippen LogP contribution in [0.2, 0.25) is 0 Å². The Morgan fingerprint density at radius 3 is 2.76 bits per heavy atom. The van der Waals surface area contributed by atoms with Crippen molar-refractivity contribution in [2.75, 3.05) is 25.0 Å². The number of carbonyl (C=O) groups excluding carboxylic acids is 1. The van der Waals surface area contributed by atoms with E-state index in [1.165, 1.54) is 0 Å². The van der Waals surface area contributed by atoms with Crippen molar-refractivity contribution in [2.45, 2.75) is 19.3 Å². The number of likely N-dealkylation sites (tertiary alicyclic amines) is 1. The first-order chi connectivity index (χ1) is 14.0. The maximum atomic E-state index is 12.7. The summed E-state index contributed by atoms with van der Waals surface area (Å²) in [5, 5.41) is 7.81. The summed E-state index contributed by atoms with van der Waals surface area (Å²) in [6, 6.07) is 5.56. The second kappa shape index (κ2) is 8.20. The summed E-state index contributed by atoms with van der Waals surface area (Å²) in [7, 11) is 1.85. The van der Waals surface area contributed by atoms with Gasteiger partial charge in [-0.1, -0.05) is 0 Å². The van der Waals surface area contributed by atoms with Gasteiger partial charge < -0.3 is 5.32 Å². The van der Waals surface area contributed by atoms with Gasteiger partial charge in [-0.15, -0.1) is 0 Å². The second-order valence-electron chi connectivity index (χ2n) is 7.36. The van der Waals surface area contributed by atoms with E-state index in [1.807, 2.05) is 30.3 Å². The molecule has 0 bridgehead atoms. The van der Waals surface area contributed by atoms with Gasteiger partial charge in [0.15, 0.2) is 0 Å². The Labute approximate surface area is 166 Å². The Hall–Kier alpha value is -2.94. The van der Waals surface area contributed by atoms with Crippen LogP contribution in [0.3, 0.4) is 0 Å². The number of nitrogens with one attached hydrogen (secondary N) is 1. The van der Waals surface area contributed by atoms with Crippen LogP contribution in [-0.4, -0.2) is 56.6 Å². The highest BCUT2D eigenvalue weighted by Gasteiger charge is 2.26. The Balaban J connectivity index is 1.42. The minimum absolute atomic E-state index is 0.166. The summed E-state index contributed by atoms with van der Waals surface area (Å²) >= 11 is 0. The topological polar surface area (TPSA) is 75.9 Å². The quantitative estimate of drug-likeness (QED) is 0.713. The molecular weight excluding hydrogens is 378 g/mol. The summed E-state index contributed by atoms with van der Waals surface area (Å²) in [5.74, 6) is -0.354. The first kappa shape index (κ1) is 19.4. The summed E-state index contributed by atoms with van der Waals surface area (Å²) in [6.07, 6.45) is 3.85. The van der Waals surface area contributed by atoms with Crippen LogP contribution in [0.15, 0.2) is 36.8 Å². The smallest absolute Gasteiger partial charge is 0.241 e. The first-order valence-corrected chi connectivity index (χ1v) is 9.54. The number of aryl methyl sites for hydroxylation is 1. The van der Waals surface area contributed by atoms with Crippen molar-refractivity contribution in [3.8, 4) is 11.3 Å². The van der Waals surface area contributed by atoms with Gasteiger partial charge in [-0.2, -0.15) is 5.10 Å². The lowest BCUT2D eigenvalue weighted by Crippen LogP contribution is -2.40. The van der Waals surface area contributed by atoms with Gasteiger partial charge in [0, 0.05) is 42.4 Å². The lowest BCUT2D eigenvalue weighted by molar-refractivity contribution is -0.117. The number of rotatable bonds is 5. The van der Waals surface area contributed by atoms with Crippen LogP contribution >= 0.6 is 0 Å². The molecule has 9 heteroatoms. The lowest BCUT2D eigenvalue weighted by atomic mass is 9.97. The first-order valence-electron chi connectivity index (χ1n) is 9.54. The molecule has 29 heavy (non-hydrogen) atoms. The number of pyridine rings is 2. The van der Waals surface area contributed by atoms with Gasteiger partial charge >= 0.3 is 0 Å². The van der Waals surface area contributed by atoms with Crippen LogP contribution in [0.1, 0.15) is 12.8 Å². The number of piperidine rings is 1. The van der Waals surface area contributed by atoms with Gasteiger partial charge in [0.25, 0.3) is 0 Å². The fourth-order valence-electron chi connectivity index (χ4n) is 3.55. The maximum absolute atomic E-state index is 12.7. The van der Waals surface area contributed by atoms with E-state index in [-0.39, 0.29) is 12.5 Å². The number of aromatic nitrogens is 4. The summed E-state index contributed by atoms with van der Waals surface area (Å²) < 4.78 is 27.2. The molecule has 0 atom stereocenters. The number of fused-ring (bicyclic) bond motifs is 1. The third-order valence-corrected chi connectivity index (χ3v) is 5.20. The van der Waals surface area contributed by atoms with Crippen molar-refractivity contribution in [2.24, 2.45) is 13.0 Å². The highest BCUT2D eigenvalue weighted by molar-refractivity contribution is 5.93. The van der Waals surface area contributed by atoms with E-state index in [1.54, 1.807) is 23.1 Å². The van der Waals surface area contributed by atoms with Crippen LogP contribution in [0.5, 0.6) is 0 Å². The molecule has 0 spiro atoms. The molecule has 0 aliphatic carbocycles. The second-order valence-corrected chi connectivity index (χ2v) is 7.36. The standard InChI is InChI=1S/C20H22F2N6O/c1-27-11-15(10-24-27)16-3-2-14-9-23-18(8-17(14)25-16)26-19(29)12-28-6-4-13(5-7-28)20(21)22/h2-3,8-11,13,20H,4-7,12H2,1H3,(H,23,26,29). The Morgan fingerprint density at radius 1 is 1.28 bits per heavy atom. The minimum atomic E-state index is -2.28. The van der Waals surface area contributed by atoms with Crippen molar-refractivity contribution in [1.29, 1.82) is 0 Å². The fraction of sp³-hybridized carbons (Fsp3) is 0.400. The number of alkyl halides is 2. The third-order valence-electron chi connectivity index (χ3n) is 5.20. The van der Waals surface area contributed by atoms with Crippen molar-refractivity contribution < 1.29 is 13.6 Å². The average molecular weight is 400 g/mol. The molecular formula is C20H22F2N6O. The van der Waals surface area contributed by atoms with E-state index in [0.717, 1.165) is 22.2 Å². The maximum Gasteiger partial charge on any atom is 0.241 e. The molecule has 1 fully saturated rings. The van der Waals surface area contributed by atoms with Crippen LogP contribution < -0.4 is 5.32 Å². The van der Waals surface area contributed by atoms with Crippen LogP contribution in [0.4, 0.5) is 14.6 Å². The normalized spacial score (nSPS) is 15.9. The van der Waals surface area contributed by atoms with E-state index < -0.39 is 12.3 Å². The Bertz CT molecular complexity index is 1010. The molecule has 0 unspecified atom stereocenters. The van der Waals surface area contributed by atoms with E-state index in [9.17, 15) is 13.6 Å². The van der Waals surface area contributed by atoms with E-state index in [4.69, 9.17) is 0 Å². The SMILES string of the molecule is Cn1cc(-c2ccc3cnc(NC(=O)CN4CCC(C(F)F)CC4)cc3n2)cn1. The monoisotopic (exact) mass is 400 g/mol. The van der Waals surface area contributed by atoms with Crippen LogP contribution in [0, 0.1) is 5.92 Å². The molecule has 4 heterocycles. The third kappa shape index (κ3) is 4.56. The van der Waals surface area contributed by atoms with Gasteiger partial charge in [-0.3, -0.25) is 14.4 Å². The molecule has 7 nitrogen and oxygen atoms in total. The van der Waals surface area contributed by atoms with E-state index >= 15 is 0 Å². The van der Waals surface area contributed by atoms with Crippen molar-refractivity contribution in [3.05, 3.63) is 36.8 Å². The van der Waals surface area contributed by atoms with Crippen LogP contribution in [0.25, 0.3) is 22.2 Å². The molecule has 1 N–H and O–H groups in total. The summed E-state index contributed by atoms with van der Waals surface area (Å²) in [5.41, 5.74) is 2.41. The van der Waals surface area contributed by atoms with Crippen LogP contribution in [-0.2, 0) is 11.8 Å². The van der Waals surface area contributed by atoms with Gasteiger partial charge in [0.1, 0.15) is 5.82 Å². The number of hydrogen-bond acceptors (Lipinski definition) is 5. The molecule has 3 aromatic heterocycles. The predicted octanol–water partition coefficient (Wildman–Crippen LogP) is 2.95. The molecule has 4 rings (SSSR count). The molecule has 1 aliphatic heterocycles. The zero-order valence-electron chi connectivity index (χ0n) is 16.1. The van der Waals surface area contributed by atoms with Gasteiger partial charge in [0.2, 0.25) is 12.3 Å². The zero-order chi connectivity index (χ0) is 20.4. The molecule has 3 aromatic rings. The van der Waals surface area contributed by atoms with Crippen molar-refractivity contribution in [3.63, 3.8) is 0 Å². The van der Waals surface area contributed by atoms with Crippen molar-refractivity contribution in [1.82, 2.24) is 24.6 Å². The number of halogens is 2. The van der Waals surface area contributed by atoms with Crippen molar-refractivity contribution >= 4 is 22.6 Å². The Kier molecular flexibility index (Phi) is 5.48. The average Bonchev–Trinajstić information content (AvgIpc) is 3.14. The fourth-order valence-corrected chi connectivity index (χ4v) is 3.55. The van der Waals surface area contributed by atoms with Gasteiger partial charge in [0.05, 0.1) is 24.0 Å². The molecule has 0 radical (unpaired) electrons. The van der Waals surface area contributed by atoms with E-state index in [2.05, 4.69) is 20.4 Å². The highest BCUT2D eigenvalue weighted by atomic mass is 19.3. The number of carbonyl (C=O) groups is 1. The Morgan fingerprint density at radius 2 is 2.07 bits per heavy atom. The summed E-state index contributed by atoms with van der Waals surface area (Å²) in [4.78, 5) is 23.2. The number of amides is 1. The molecule has 152 valence electrons. The number of nitrogens with zero attached hydrogens (tertiary/aromatic N) is 5. The zero-order valence-corrected chi connectivity index (χ0v) is 16.1. The minimum Gasteiger partial charge on any atom is -0.310 e. The van der Waals surface area contributed by atoms with E-state index in [0.29, 0.717) is 31.7 Å². The van der Waals surface area contributed by atoms with Gasteiger partial charge in [-0.25, -0.2) is 18.7 Å². The molecule has 1 amide bonds. The lowest BCUT2D eigenvalue weighted by Gasteiger charge is -2.30. The van der Waals surface area contributed by atoms with Gasteiger partial charge in [-0.05, 0) is 38.1 Å². The predicted molar refractivity (Wildman–Crippen MR) is 106 cm³/mol. The number of hydrogen-bond donors (Lipinski definition) is 1.